The summed E-state index contributed by atoms with van der Waals surface area (Å²) >= 11 is 0. The normalized spacial score (nSPS) is 17.2. The fourth-order valence-electron chi connectivity index (χ4n) is 3.33. The van der Waals surface area contributed by atoms with E-state index in [0.717, 1.165) is 29.9 Å². The molecule has 0 spiro atoms. The molecule has 1 saturated heterocycles. The molecule has 1 aromatic rings. The molecule has 1 aliphatic rings. The van der Waals surface area contributed by atoms with Crippen LogP contribution in [0.4, 0.5) is 0 Å². The first kappa shape index (κ1) is 21.9. The van der Waals surface area contributed by atoms with Gasteiger partial charge in [0.1, 0.15) is 0 Å². The maximum Gasteiger partial charge on any atom is 0.317 e. The minimum atomic E-state index is -3.95. The fraction of sp³-hybridized carbons (Fsp3) is 0.667. The minimum absolute atomic E-state index is 0.0784. The summed E-state index contributed by atoms with van der Waals surface area (Å²) in [6, 6.07) is 6.32. The van der Waals surface area contributed by atoms with Gasteiger partial charge in [-0.2, -0.15) is 13.5 Å². The maximum absolute atomic E-state index is 12.3. The van der Waals surface area contributed by atoms with Crippen molar-refractivity contribution < 1.29 is 17.5 Å². The van der Waals surface area contributed by atoms with Crippen LogP contribution in [-0.2, 0) is 19.2 Å². The molecule has 1 amide bonds. The molecule has 0 N–H and O–H groups in total. The van der Waals surface area contributed by atoms with Gasteiger partial charge in [-0.05, 0) is 25.5 Å². The number of carbonyl (C=O) groups excluding carboxylic acids is 1. The molecule has 152 valence electrons. The van der Waals surface area contributed by atoms with Crippen molar-refractivity contribution >= 4 is 16.0 Å². The average Bonchev–Trinajstić information content (AvgIpc) is 2.64. The summed E-state index contributed by atoms with van der Waals surface area (Å²) in [6.45, 7) is 4.11. The van der Waals surface area contributed by atoms with Gasteiger partial charge in [-0.3, -0.25) is 4.79 Å². The fourth-order valence-corrected chi connectivity index (χ4v) is 4.30. The highest BCUT2D eigenvalue weighted by atomic mass is 32.2. The average molecular weight is 396 g/mol. The molecule has 2 rings (SSSR count). The lowest BCUT2D eigenvalue weighted by Gasteiger charge is -2.37. The number of β-lactam (4-membered cyclic amide) rings is 1. The molecule has 0 radical (unpaired) electrons. The van der Waals surface area contributed by atoms with Crippen LogP contribution in [0, 0.1) is 6.92 Å². The van der Waals surface area contributed by atoms with Crippen LogP contribution in [0.5, 0.6) is 0 Å². The van der Waals surface area contributed by atoms with Gasteiger partial charge in [0.25, 0.3) is 0 Å². The minimum Gasteiger partial charge on any atom is -0.272 e. The van der Waals surface area contributed by atoms with Gasteiger partial charge in [-0.15, -0.1) is 4.28 Å². The van der Waals surface area contributed by atoms with Crippen LogP contribution >= 0.6 is 0 Å². The summed E-state index contributed by atoms with van der Waals surface area (Å²) in [6.07, 6.45) is 12.3. The SMILES string of the molecule is CCCCCCCCCCCC1CC(=O)N1OS(=O)(=O)c1ccc(C)cc1. The van der Waals surface area contributed by atoms with Gasteiger partial charge in [-0.1, -0.05) is 82.4 Å². The number of benzene rings is 1. The predicted octanol–water partition coefficient (Wildman–Crippen LogP) is 5.14. The van der Waals surface area contributed by atoms with Gasteiger partial charge in [-0.25, -0.2) is 0 Å². The Hall–Kier alpha value is -1.40. The molecule has 1 heterocycles. The Bertz CT molecular complexity index is 685. The molecule has 1 aromatic carbocycles. The molecule has 1 fully saturated rings. The molecule has 0 aliphatic carbocycles. The zero-order valence-electron chi connectivity index (χ0n) is 16.7. The molecule has 6 heteroatoms. The van der Waals surface area contributed by atoms with Crippen molar-refractivity contribution in [1.29, 1.82) is 0 Å². The molecular formula is C21H33NO4S. The molecule has 1 aliphatic heterocycles. The topological polar surface area (TPSA) is 63.7 Å². The molecular weight excluding hydrogens is 362 g/mol. The Morgan fingerprint density at radius 2 is 1.52 bits per heavy atom. The van der Waals surface area contributed by atoms with Crippen molar-refractivity contribution in [2.24, 2.45) is 0 Å². The van der Waals surface area contributed by atoms with Crippen LogP contribution in [-0.4, -0.2) is 25.4 Å². The zero-order valence-corrected chi connectivity index (χ0v) is 17.5. The summed E-state index contributed by atoms with van der Waals surface area (Å²) in [5.41, 5.74) is 0.970. The standard InChI is InChI=1S/C21H33NO4S/c1-3-4-5-6-7-8-9-10-11-12-19-17-21(23)22(19)26-27(24,25)20-15-13-18(2)14-16-20/h13-16,19H,3-12,17H2,1-2H3. The smallest absolute Gasteiger partial charge is 0.272 e. The molecule has 5 nitrogen and oxygen atoms in total. The lowest BCUT2D eigenvalue weighted by molar-refractivity contribution is -0.189. The van der Waals surface area contributed by atoms with Crippen LogP contribution in [0.1, 0.15) is 83.1 Å². The predicted molar refractivity (Wildman–Crippen MR) is 107 cm³/mol. The lowest BCUT2D eigenvalue weighted by Crippen LogP contribution is -2.53. The van der Waals surface area contributed by atoms with E-state index in [-0.39, 0.29) is 16.8 Å². The van der Waals surface area contributed by atoms with E-state index in [9.17, 15) is 13.2 Å². The number of hydrogen-bond donors (Lipinski definition) is 0. The van der Waals surface area contributed by atoms with Crippen molar-refractivity contribution in [3.8, 4) is 0 Å². The van der Waals surface area contributed by atoms with Gasteiger partial charge in [0.2, 0.25) is 5.91 Å². The van der Waals surface area contributed by atoms with Crippen LogP contribution in [0.25, 0.3) is 0 Å². The summed E-state index contributed by atoms with van der Waals surface area (Å²) in [4.78, 5) is 11.9. The van der Waals surface area contributed by atoms with E-state index in [1.165, 1.54) is 57.1 Å². The number of unbranched alkanes of at least 4 members (excludes halogenated alkanes) is 8. The number of nitrogens with zero attached hydrogens (tertiary/aromatic N) is 1. The van der Waals surface area contributed by atoms with E-state index in [4.69, 9.17) is 4.28 Å². The quantitative estimate of drug-likeness (QED) is 0.343. The number of rotatable bonds is 13. The van der Waals surface area contributed by atoms with E-state index in [2.05, 4.69) is 6.92 Å². The van der Waals surface area contributed by atoms with Gasteiger partial charge in [0.15, 0.2) is 0 Å². The van der Waals surface area contributed by atoms with Crippen LogP contribution in [0.2, 0.25) is 0 Å². The third-order valence-corrected chi connectivity index (χ3v) is 6.32. The first-order chi connectivity index (χ1) is 12.9. The van der Waals surface area contributed by atoms with Crippen molar-refractivity contribution in [2.75, 3.05) is 0 Å². The Balaban J connectivity index is 1.68. The monoisotopic (exact) mass is 395 g/mol. The number of aryl methyl sites for hydroxylation is 1. The second-order valence-electron chi connectivity index (χ2n) is 7.54. The highest BCUT2D eigenvalue weighted by Gasteiger charge is 2.40. The van der Waals surface area contributed by atoms with Crippen molar-refractivity contribution in [3.05, 3.63) is 29.8 Å². The number of amides is 1. The molecule has 0 saturated carbocycles. The van der Waals surface area contributed by atoms with E-state index in [0.29, 0.717) is 6.42 Å². The first-order valence-electron chi connectivity index (χ1n) is 10.3. The number of hydrogen-bond acceptors (Lipinski definition) is 4. The van der Waals surface area contributed by atoms with Crippen molar-refractivity contribution in [2.45, 2.75) is 95.4 Å². The summed E-state index contributed by atoms with van der Waals surface area (Å²) < 4.78 is 29.8. The summed E-state index contributed by atoms with van der Waals surface area (Å²) in [7, 11) is -3.95. The van der Waals surface area contributed by atoms with Gasteiger partial charge in [0.05, 0.1) is 17.4 Å². The highest BCUT2D eigenvalue weighted by Crippen LogP contribution is 2.28. The van der Waals surface area contributed by atoms with Gasteiger partial charge in [0, 0.05) is 0 Å². The Morgan fingerprint density at radius 1 is 0.963 bits per heavy atom. The van der Waals surface area contributed by atoms with Crippen LogP contribution < -0.4 is 0 Å². The summed E-state index contributed by atoms with van der Waals surface area (Å²) in [5.74, 6) is -0.258. The van der Waals surface area contributed by atoms with Crippen molar-refractivity contribution in [3.63, 3.8) is 0 Å². The Morgan fingerprint density at radius 3 is 2.07 bits per heavy atom. The van der Waals surface area contributed by atoms with E-state index < -0.39 is 10.1 Å². The van der Waals surface area contributed by atoms with E-state index in [1.807, 2.05) is 6.92 Å². The third-order valence-electron chi connectivity index (χ3n) is 5.12. The highest BCUT2D eigenvalue weighted by molar-refractivity contribution is 7.86. The Kier molecular flexibility index (Phi) is 8.77. The van der Waals surface area contributed by atoms with Crippen LogP contribution in [0.15, 0.2) is 29.2 Å². The first-order valence-corrected chi connectivity index (χ1v) is 11.7. The lowest BCUT2D eigenvalue weighted by atomic mass is 9.98. The summed E-state index contributed by atoms with van der Waals surface area (Å²) in [5, 5.41) is 1.06. The van der Waals surface area contributed by atoms with Gasteiger partial charge < -0.3 is 0 Å². The van der Waals surface area contributed by atoms with Crippen LogP contribution in [0.3, 0.4) is 0 Å². The van der Waals surface area contributed by atoms with Crippen molar-refractivity contribution in [1.82, 2.24) is 5.06 Å². The van der Waals surface area contributed by atoms with E-state index >= 15 is 0 Å². The second-order valence-corrected chi connectivity index (χ2v) is 9.07. The molecule has 27 heavy (non-hydrogen) atoms. The largest absolute Gasteiger partial charge is 0.317 e. The number of hydroxylamine groups is 2. The van der Waals surface area contributed by atoms with E-state index in [1.54, 1.807) is 12.1 Å². The second kappa shape index (κ2) is 10.8. The molecule has 0 aromatic heterocycles. The molecule has 1 atom stereocenters. The number of carbonyl (C=O) groups is 1. The maximum atomic E-state index is 12.3. The zero-order chi connectivity index (χ0) is 19.7. The van der Waals surface area contributed by atoms with Gasteiger partial charge >= 0.3 is 10.1 Å². The molecule has 1 unspecified atom stereocenters. The Labute approximate surface area is 164 Å². The molecule has 0 bridgehead atoms. The third kappa shape index (κ3) is 6.92.